The number of rotatable bonds is 3. The van der Waals surface area contributed by atoms with Crippen LogP contribution in [-0.4, -0.2) is 14.0 Å². The Kier molecular flexibility index (Phi) is 5.19. The zero-order chi connectivity index (χ0) is 12.9. The number of allylic oxidation sites excluding steroid dienone is 2. The second-order valence-corrected chi connectivity index (χ2v) is 10.9. The molecular formula is C14H24O2Si. The average Bonchev–Trinajstić information content (AvgIpc) is 2.24. The van der Waals surface area contributed by atoms with E-state index in [1.165, 1.54) is 31.8 Å². The van der Waals surface area contributed by atoms with Crippen molar-refractivity contribution in [3.05, 3.63) is 23.1 Å². The molecule has 0 bridgehead atoms. The van der Waals surface area contributed by atoms with Gasteiger partial charge in [-0.3, -0.25) is 4.79 Å². The average molecular weight is 252 g/mol. The summed E-state index contributed by atoms with van der Waals surface area (Å²) in [6.07, 6.45) is 7.95. The lowest BCUT2D eigenvalue weighted by molar-refractivity contribution is -0.136. The van der Waals surface area contributed by atoms with Gasteiger partial charge in [0.05, 0.1) is 8.07 Å². The van der Waals surface area contributed by atoms with Crippen molar-refractivity contribution >= 4 is 14.0 Å². The molecule has 0 aliphatic heterocycles. The molecule has 0 heterocycles. The largest absolute Gasteiger partial charge is 0.427 e. The summed E-state index contributed by atoms with van der Waals surface area (Å²) in [4.78, 5) is 11.1. The molecule has 0 atom stereocenters. The van der Waals surface area contributed by atoms with E-state index in [4.69, 9.17) is 4.74 Å². The van der Waals surface area contributed by atoms with E-state index in [1.807, 2.05) is 6.08 Å². The Bertz CT molecular complexity index is 327. The minimum absolute atomic E-state index is 0.210. The molecule has 1 aliphatic carbocycles. The number of carbonyl (C=O) groups excluding carboxylic acids is 1. The summed E-state index contributed by atoms with van der Waals surface area (Å²) in [5, 5.41) is 0. The molecule has 96 valence electrons. The predicted octanol–water partition coefficient (Wildman–Crippen LogP) is 4.20. The molecule has 0 aromatic carbocycles. The lowest BCUT2D eigenvalue weighted by Gasteiger charge is -2.17. The molecule has 17 heavy (non-hydrogen) atoms. The van der Waals surface area contributed by atoms with Crippen LogP contribution in [0.1, 0.15) is 39.0 Å². The van der Waals surface area contributed by atoms with Crippen LogP contribution < -0.4 is 0 Å². The minimum Gasteiger partial charge on any atom is -0.427 e. The van der Waals surface area contributed by atoms with Crippen LogP contribution in [0.4, 0.5) is 0 Å². The number of esters is 1. The van der Waals surface area contributed by atoms with Crippen LogP contribution >= 0.6 is 0 Å². The highest BCUT2D eigenvalue weighted by atomic mass is 28.3. The first kappa shape index (κ1) is 14.2. The highest BCUT2D eigenvalue weighted by molar-refractivity contribution is 6.81. The Morgan fingerprint density at radius 1 is 1.18 bits per heavy atom. The molecule has 1 saturated carbocycles. The van der Waals surface area contributed by atoms with Crippen molar-refractivity contribution in [2.24, 2.45) is 0 Å². The summed E-state index contributed by atoms with van der Waals surface area (Å²) in [5.74, 6) is 0.609. The summed E-state index contributed by atoms with van der Waals surface area (Å²) in [6.45, 7) is 8.31. The van der Waals surface area contributed by atoms with Gasteiger partial charge in [0, 0.05) is 6.92 Å². The van der Waals surface area contributed by atoms with Crippen LogP contribution in [0.15, 0.2) is 23.1 Å². The van der Waals surface area contributed by atoms with E-state index in [9.17, 15) is 4.79 Å². The van der Waals surface area contributed by atoms with Gasteiger partial charge in [-0.25, -0.2) is 0 Å². The van der Waals surface area contributed by atoms with Gasteiger partial charge in [-0.15, -0.1) is 0 Å². The van der Waals surface area contributed by atoms with E-state index in [2.05, 4.69) is 25.3 Å². The van der Waals surface area contributed by atoms with Gasteiger partial charge in [0.2, 0.25) is 0 Å². The van der Waals surface area contributed by atoms with Gasteiger partial charge in [0.1, 0.15) is 5.76 Å². The fourth-order valence-corrected chi connectivity index (χ4v) is 2.58. The lowest BCUT2D eigenvalue weighted by Crippen LogP contribution is -2.16. The van der Waals surface area contributed by atoms with E-state index < -0.39 is 8.07 Å². The van der Waals surface area contributed by atoms with Crippen LogP contribution in [0, 0.1) is 0 Å². The van der Waals surface area contributed by atoms with Gasteiger partial charge >= 0.3 is 5.97 Å². The molecule has 0 aromatic rings. The molecule has 0 saturated heterocycles. The zero-order valence-electron chi connectivity index (χ0n) is 11.5. The molecule has 0 unspecified atom stereocenters. The van der Waals surface area contributed by atoms with Crippen molar-refractivity contribution in [3.63, 3.8) is 0 Å². The van der Waals surface area contributed by atoms with Gasteiger partial charge in [0.15, 0.2) is 0 Å². The van der Waals surface area contributed by atoms with E-state index >= 15 is 0 Å². The van der Waals surface area contributed by atoms with E-state index in [-0.39, 0.29) is 5.97 Å². The molecule has 0 spiro atoms. The molecular weight excluding hydrogens is 228 g/mol. The van der Waals surface area contributed by atoms with Crippen LogP contribution in [-0.2, 0) is 9.53 Å². The highest BCUT2D eigenvalue weighted by Gasteiger charge is 2.14. The minimum atomic E-state index is -1.24. The van der Waals surface area contributed by atoms with Gasteiger partial charge in [-0.05, 0) is 37.3 Å². The molecule has 1 aliphatic rings. The zero-order valence-corrected chi connectivity index (χ0v) is 12.5. The van der Waals surface area contributed by atoms with Gasteiger partial charge < -0.3 is 4.74 Å². The molecule has 1 fully saturated rings. The predicted molar refractivity (Wildman–Crippen MR) is 74.4 cm³/mol. The molecule has 0 radical (unpaired) electrons. The molecule has 3 heteroatoms. The first-order valence-electron chi connectivity index (χ1n) is 6.48. The number of hydrogen-bond donors (Lipinski definition) is 0. The van der Waals surface area contributed by atoms with Crippen molar-refractivity contribution in [1.29, 1.82) is 0 Å². The number of ether oxygens (including phenoxy) is 1. The topological polar surface area (TPSA) is 26.3 Å². The normalized spacial score (nSPS) is 17.3. The Morgan fingerprint density at radius 3 is 2.24 bits per heavy atom. The lowest BCUT2D eigenvalue weighted by atomic mass is 9.94. The first-order chi connectivity index (χ1) is 7.88. The van der Waals surface area contributed by atoms with Crippen molar-refractivity contribution in [2.45, 2.75) is 58.7 Å². The molecule has 0 aromatic heterocycles. The highest BCUT2D eigenvalue weighted by Crippen LogP contribution is 2.27. The Morgan fingerprint density at radius 2 is 1.76 bits per heavy atom. The summed E-state index contributed by atoms with van der Waals surface area (Å²) in [5.41, 5.74) is 3.56. The van der Waals surface area contributed by atoms with Crippen LogP contribution in [0.25, 0.3) is 0 Å². The third-order valence-corrected chi connectivity index (χ3v) is 3.96. The maximum absolute atomic E-state index is 11.1. The fourth-order valence-electron chi connectivity index (χ4n) is 1.93. The SMILES string of the molecule is CC(=O)OC(/C=C\[Si](C)(C)C)=C1CCCCC1. The van der Waals surface area contributed by atoms with Crippen LogP contribution in [0.2, 0.25) is 19.6 Å². The maximum atomic E-state index is 11.1. The van der Waals surface area contributed by atoms with Crippen molar-refractivity contribution < 1.29 is 9.53 Å². The summed E-state index contributed by atoms with van der Waals surface area (Å²) < 4.78 is 5.36. The molecule has 1 rings (SSSR count). The summed E-state index contributed by atoms with van der Waals surface area (Å²) in [7, 11) is -1.24. The quantitative estimate of drug-likeness (QED) is 0.427. The number of hydrogen-bond acceptors (Lipinski definition) is 2. The molecule has 0 amide bonds. The van der Waals surface area contributed by atoms with E-state index in [0.717, 1.165) is 18.6 Å². The summed E-state index contributed by atoms with van der Waals surface area (Å²) in [6, 6.07) is 0. The van der Waals surface area contributed by atoms with Crippen molar-refractivity contribution in [3.8, 4) is 0 Å². The first-order valence-corrected chi connectivity index (χ1v) is 10.1. The second kappa shape index (κ2) is 6.19. The van der Waals surface area contributed by atoms with Crippen LogP contribution in [0.5, 0.6) is 0 Å². The van der Waals surface area contributed by atoms with Crippen LogP contribution in [0.3, 0.4) is 0 Å². The second-order valence-electron chi connectivity index (χ2n) is 5.82. The Balaban J connectivity index is 2.86. The fraction of sp³-hybridized carbons (Fsp3) is 0.643. The maximum Gasteiger partial charge on any atom is 0.308 e. The van der Waals surface area contributed by atoms with Crippen molar-refractivity contribution in [1.82, 2.24) is 0 Å². The number of carbonyl (C=O) groups is 1. The Labute approximate surface area is 106 Å². The van der Waals surface area contributed by atoms with Gasteiger partial charge in [-0.2, -0.15) is 0 Å². The third kappa shape index (κ3) is 5.87. The Hall–Kier alpha value is -0.833. The van der Waals surface area contributed by atoms with Gasteiger partial charge in [0.25, 0.3) is 0 Å². The van der Waals surface area contributed by atoms with Gasteiger partial charge in [-0.1, -0.05) is 31.8 Å². The van der Waals surface area contributed by atoms with E-state index in [1.54, 1.807) is 0 Å². The smallest absolute Gasteiger partial charge is 0.308 e. The summed E-state index contributed by atoms with van der Waals surface area (Å²) >= 11 is 0. The third-order valence-electron chi connectivity index (χ3n) is 2.79. The standard InChI is InChI=1S/C14H24O2Si/c1-12(15)16-14(10-11-17(2,3)4)13-8-6-5-7-9-13/h10-11H,5-9H2,1-4H3/b11-10-. The molecule has 0 N–H and O–H groups in total. The molecule has 2 nitrogen and oxygen atoms in total. The monoisotopic (exact) mass is 252 g/mol. The van der Waals surface area contributed by atoms with E-state index in [0.29, 0.717) is 0 Å². The van der Waals surface area contributed by atoms with Crippen molar-refractivity contribution in [2.75, 3.05) is 0 Å².